The second kappa shape index (κ2) is 9.21. The normalized spacial score (nSPS) is 8.93. The molecule has 0 fully saturated rings. The molecule has 83 valence electrons. The predicted molar refractivity (Wildman–Crippen MR) is 60.3 cm³/mol. The van der Waals surface area contributed by atoms with Gasteiger partial charge in [-0.1, -0.05) is 32.0 Å². The molecular formula is C12H18NO2. The third-order valence-electron chi connectivity index (χ3n) is 1.69. The molecule has 15 heavy (non-hydrogen) atoms. The van der Waals surface area contributed by atoms with Crippen LogP contribution in [-0.2, 0) is 5.11 Å². The van der Waals surface area contributed by atoms with Gasteiger partial charge >= 0.3 is 5.97 Å². The fourth-order valence-electron chi connectivity index (χ4n) is 0.928. The molecule has 0 aliphatic rings. The first-order valence-electron chi connectivity index (χ1n) is 5.19. The second-order valence-electron chi connectivity index (χ2n) is 3.01. The molecule has 0 aromatic heterocycles. The standard InChI is InChI=1S/C7H5O2.C5H13N/c8-7(9)6-4-2-1-3-5-6;1-3-5-6-4-2/h1-5H;6H,3-5H2,1-2H3. The average Bonchev–Trinajstić information content (AvgIpc) is 2.28. The first-order valence-corrected chi connectivity index (χ1v) is 5.19. The lowest BCUT2D eigenvalue weighted by atomic mass is 10.2. The van der Waals surface area contributed by atoms with Crippen molar-refractivity contribution in [2.24, 2.45) is 0 Å². The van der Waals surface area contributed by atoms with Gasteiger partial charge < -0.3 is 5.32 Å². The van der Waals surface area contributed by atoms with E-state index in [1.165, 1.54) is 18.6 Å². The zero-order valence-electron chi connectivity index (χ0n) is 9.32. The molecule has 0 unspecified atom stereocenters. The molecule has 1 N–H and O–H groups in total. The SMILES string of the molecule is CCCNCC.[O]C(=O)c1ccccc1. The molecule has 0 spiro atoms. The highest BCUT2D eigenvalue weighted by atomic mass is 16.4. The van der Waals surface area contributed by atoms with Crippen LogP contribution in [0.3, 0.4) is 0 Å². The number of hydrogen-bond acceptors (Lipinski definition) is 2. The van der Waals surface area contributed by atoms with Crippen molar-refractivity contribution in [1.29, 1.82) is 0 Å². The Balaban J connectivity index is 0.000000288. The monoisotopic (exact) mass is 208 g/mol. The predicted octanol–water partition coefficient (Wildman–Crippen LogP) is 2.26. The first-order chi connectivity index (χ1) is 7.22. The van der Waals surface area contributed by atoms with Crippen LogP contribution < -0.4 is 5.32 Å². The topological polar surface area (TPSA) is 49.0 Å². The Morgan fingerprint density at radius 3 is 2.07 bits per heavy atom. The lowest BCUT2D eigenvalue weighted by Crippen LogP contribution is -2.12. The minimum absolute atomic E-state index is 0.220. The smallest absolute Gasteiger partial charge is 0.317 e. The number of hydrogen-bond donors (Lipinski definition) is 1. The summed E-state index contributed by atoms with van der Waals surface area (Å²) in [4.78, 5) is 10.1. The fraction of sp³-hybridized carbons (Fsp3) is 0.417. The van der Waals surface area contributed by atoms with E-state index in [2.05, 4.69) is 19.2 Å². The van der Waals surface area contributed by atoms with Crippen molar-refractivity contribution < 1.29 is 9.90 Å². The Morgan fingerprint density at radius 2 is 1.80 bits per heavy atom. The Hall–Kier alpha value is -1.35. The van der Waals surface area contributed by atoms with Crippen molar-refractivity contribution in [3.05, 3.63) is 35.9 Å². The Kier molecular flexibility index (Phi) is 8.39. The van der Waals surface area contributed by atoms with E-state index in [-0.39, 0.29) is 5.56 Å². The molecule has 1 aromatic carbocycles. The maximum absolute atomic E-state index is 10.1. The van der Waals surface area contributed by atoms with Crippen LogP contribution in [0, 0.1) is 0 Å². The van der Waals surface area contributed by atoms with Gasteiger partial charge in [-0.05, 0) is 31.6 Å². The summed E-state index contributed by atoms with van der Waals surface area (Å²) in [5.74, 6) is -1.13. The van der Waals surface area contributed by atoms with Crippen LogP contribution in [0.25, 0.3) is 0 Å². The molecule has 0 amide bonds. The van der Waals surface area contributed by atoms with Gasteiger partial charge in [0.15, 0.2) is 0 Å². The maximum atomic E-state index is 10.1. The van der Waals surface area contributed by atoms with Gasteiger partial charge in [-0.2, -0.15) is 0 Å². The number of carbonyl (C=O) groups excluding carboxylic acids is 1. The van der Waals surface area contributed by atoms with E-state index in [0.717, 1.165) is 13.1 Å². The minimum Gasteiger partial charge on any atom is -0.317 e. The second-order valence-corrected chi connectivity index (χ2v) is 3.01. The molecule has 1 aromatic rings. The summed E-state index contributed by atoms with van der Waals surface area (Å²) in [5.41, 5.74) is 0.220. The third kappa shape index (κ3) is 7.70. The highest BCUT2D eigenvalue weighted by molar-refractivity contribution is 5.86. The molecule has 0 aliphatic carbocycles. The highest BCUT2D eigenvalue weighted by Gasteiger charge is 1.99. The molecular weight excluding hydrogens is 190 g/mol. The molecule has 1 radical (unpaired) electrons. The molecule has 0 saturated carbocycles. The number of carbonyl (C=O) groups is 1. The van der Waals surface area contributed by atoms with E-state index in [1.54, 1.807) is 18.2 Å². The zero-order chi connectivity index (χ0) is 11.5. The molecule has 0 aliphatic heterocycles. The molecule has 3 nitrogen and oxygen atoms in total. The minimum atomic E-state index is -1.13. The summed E-state index contributed by atoms with van der Waals surface area (Å²) in [6.07, 6.45) is 1.24. The van der Waals surface area contributed by atoms with E-state index < -0.39 is 5.97 Å². The Morgan fingerprint density at radius 1 is 1.20 bits per heavy atom. The fourth-order valence-corrected chi connectivity index (χ4v) is 0.928. The van der Waals surface area contributed by atoms with Gasteiger partial charge in [0.1, 0.15) is 0 Å². The largest absolute Gasteiger partial charge is 0.386 e. The Labute approximate surface area is 91.1 Å². The molecule has 0 heterocycles. The lowest BCUT2D eigenvalue weighted by Gasteiger charge is -1.91. The van der Waals surface area contributed by atoms with Gasteiger partial charge in [0.25, 0.3) is 0 Å². The van der Waals surface area contributed by atoms with E-state index in [0.29, 0.717) is 0 Å². The molecule has 0 bridgehead atoms. The van der Waals surface area contributed by atoms with Crippen LogP contribution in [0.2, 0.25) is 0 Å². The van der Waals surface area contributed by atoms with Gasteiger partial charge in [-0.3, -0.25) is 0 Å². The van der Waals surface area contributed by atoms with Crippen molar-refractivity contribution in [2.45, 2.75) is 20.3 Å². The van der Waals surface area contributed by atoms with Crippen LogP contribution in [-0.4, -0.2) is 19.1 Å². The lowest BCUT2D eigenvalue weighted by molar-refractivity contribution is 0.0573. The summed E-state index contributed by atoms with van der Waals surface area (Å²) in [6, 6.07) is 8.06. The molecule has 0 atom stereocenters. The first kappa shape index (κ1) is 13.7. The summed E-state index contributed by atoms with van der Waals surface area (Å²) in [7, 11) is 0. The van der Waals surface area contributed by atoms with E-state index in [4.69, 9.17) is 0 Å². The van der Waals surface area contributed by atoms with Crippen molar-refractivity contribution in [3.63, 3.8) is 0 Å². The van der Waals surface area contributed by atoms with E-state index >= 15 is 0 Å². The van der Waals surface area contributed by atoms with Crippen LogP contribution >= 0.6 is 0 Å². The van der Waals surface area contributed by atoms with Gasteiger partial charge in [-0.15, -0.1) is 0 Å². The van der Waals surface area contributed by atoms with Crippen molar-refractivity contribution in [1.82, 2.24) is 5.32 Å². The van der Waals surface area contributed by atoms with E-state index in [1.807, 2.05) is 0 Å². The molecule has 3 heteroatoms. The molecule has 0 saturated heterocycles. The summed E-state index contributed by atoms with van der Waals surface area (Å²) in [5, 5.41) is 13.3. The van der Waals surface area contributed by atoms with Crippen molar-refractivity contribution in [3.8, 4) is 0 Å². The van der Waals surface area contributed by atoms with Gasteiger partial charge in [0.05, 0.1) is 5.56 Å². The molecule has 1 rings (SSSR count). The number of nitrogens with one attached hydrogen (secondary N) is 1. The van der Waals surface area contributed by atoms with Gasteiger partial charge in [-0.25, -0.2) is 9.90 Å². The number of benzene rings is 1. The van der Waals surface area contributed by atoms with Crippen LogP contribution in [0.1, 0.15) is 30.6 Å². The third-order valence-corrected chi connectivity index (χ3v) is 1.69. The van der Waals surface area contributed by atoms with E-state index in [9.17, 15) is 9.90 Å². The summed E-state index contributed by atoms with van der Waals surface area (Å²) >= 11 is 0. The summed E-state index contributed by atoms with van der Waals surface area (Å²) in [6.45, 7) is 6.56. The van der Waals surface area contributed by atoms with Crippen molar-refractivity contribution in [2.75, 3.05) is 13.1 Å². The summed E-state index contributed by atoms with van der Waals surface area (Å²) < 4.78 is 0. The van der Waals surface area contributed by atoms with Gasteiger partial charge in [0.2, 0.25) is 0 Å². The highest BCUT2D eigenvalue weighted by Crippen LogP contribution is 1.96. The van der Waals surface area contributed by atoms with Gasteiger partial charge in [0, 0.05) is 0 Å². The average molecular weight is 208 g/mol. The number of rotatable bonds is 4. The van der Waals surface area contributed by atoms with Crippen LogP contribution in [0.4, 0.5) is 0 Å². The zero-order valence-corrected chi connectivity index (χ0v) is 9.32. The quantitative estimate of drug-likeness (QED) is 0.771. The van der Waals surface area contributed by atoms with Crippen LogP contribution in [0.15, 0.2) is 30.3 Å². The van der Waals surface area contributed by atoms with Crippen molar-refractivity contribution >= 4 is 5.97 Å². The maximum Gasteiger partial charge on any atom is 0.386 e. The Bertz CT molecular complexity index is 256. The van der Waals surface area contributed by atoms with Crippen LogP contribution in [0.5, 0.6) is 0 Å².